The molecule has 0 fully saturated rings. The van der Waals surface area contributed by atoms with E-state index in [-0.39, 0.29) is 0 Å². The third kappa shape index (κ3) is 3.25. The molecule has 2 heterocycles. The molecular weight excluding hydrogens is 192 g/mol. The molecule has 0 amide bonds. The van der Waals surface area contributed by atoms with Gasteiger partial charge in [-0.2, -0.15) is 0 Å². The van der Waals surface area contributed by atoms with E-state index in [0.29, 0.717) is 6.61 Å². The molecule has 0 aliphatic heterocycles. The summed E-state index contributed by atoms with van der Waals surface area (Å²) in [4.78, 5) is 3.97. The van der Waals surface area contributed by atoms with Crippen molar-refractivity contribution in [1.29, 1.82) is 0 Å². The van der Waals surface area contributed by atoms with Gasteiger partial charge in [0.2, 0.25) is 0 Å². The molecule has 0 spiro atoms. The Bertz CT molecular complexity index is 318. The van der Waals surface area contributed by atoms with Crippen molar-refractivity contribution < 1.29 is 9.15 Å². The van der Waals surface area contributed by atoms with Crippen LogP contribution in [0.5, 0.6) is 0 Å². The Morgan fingerprint density at radius 3 is 3.20 bits per heavy atom. The van der Waals surface area contributed by atoms with Crippen molar-refractivity contribution in [3.05, 3.63) is 42.9 Å². The molecule has 4 nitrogen and oxygen atoms in total. The van der Waals surface area contributed by atoms with Gasteiger partial charge in [-0.15, -0.1) is 0 Å². The highest BCUT2D eigenvalue weighted by atomic mass is 16.5. The Hall–Kier alpha value is -1.55. The lowest BCUT2D eigenvalue weighted by molar-refractivity contribution is 0.101. The van der Waals surface area contributed by atoms with E-state index < -0.39 is 0 Å². The van der Waals surface area contributed by atoms with Crippen molar-refractivity contribution in [2.24, 2.45) is 0 Å². The Morgan fingerprint density at radius 2 is 2.47 bits per heavy atom. The third-order valence-corrected chi connectivity index (χ3v) is 2.09. The highest BCUT2D eigenvalue weighted by Crippen LogP contribution is 2.02. The van der Waals surface area contributed by atoms with E-state index in [4.69, 9.17) is 9.15 Å². The van der Waals surface area contributed by atoms with E-state index in [9.17, 15) is 0 Å². The topological polar surface area (TPSA) is 40.2 Å². The van der Waals surface area contributed by atoms with Gasteiger partial charge in [-0.3, -0.25) is 0 Å². The van der Waals surface area contributed by atoms with E-state index in [2.05, 4.69) is 4.98 Å². The Balaban J connectivity index is 1.56. The van der Waals surface area contributed by atoms with Gasteiger partial charge in [0.15, 0.2) is 0 Å². The second kappa shape index (κ2) is 5.36. The standard InChI is InChI=1S/C11H14N2O2/c1-3-11(15-8-1)9-14-7-2-5-13-6-4-12-10-13/h1,3-4,6,8,10H,2,5,7,9H2. The molecule has 0 bridgehead atoms. The maximum absolute atomic E-state index is 5.45. The van der Waals surface area contributed by atoms with Gasteiger partial charge in [-0.05, 0) is 18.6 Å². The first-order chi connectivity index (χ1) is 7.45. The number of furan rings is 1. The first kappa shape index (κ1) is 9.98. The molecular formula is C11H14N2O2. The molecule has 0 saturated carbocycles. The fourth-order valence-corrected chi connectivity index (χ4v) is 1.34. The van der Waals surface area contributed by atoms with Crippen LogP contribution in [-0.2, 0) is 17.9 Å². The van der Waals surface area contributed by atoms with Crippen molar-refractivity contribution >= 4 is 0 Å². The summed E-state index contributed by atoms with van der Waals surface area (Å²) in [6.07, 6.45) is 8.18. The largest absolute Gasteiger partial charge is 0.467 e. The second-order valence-electron chi connectivity index (χ2n) is 3.29. The van der Waals surface area contributed by atoms with E-state index in [0.717, 1.165) is 25.3 Å². The summed E-state index contributed by atoms with van der Waals surface area (Å²) in [6, 6.07) is 3.78. The zero-order chi connectivity index (χ0) is 10.3. The fraction of sp³-hybridized carbons (Fsp3) is 0.364. The Labute approximate surface area is 88.5 Å². The normalized spacial score (nSPS) is 10.7. The van der Waals surface area contributed by atoms with E-state index in [1.165, 1.54) is 0 Å². The highest BCUT2D eigenvalue weighted by Gasteiger charge is 1.95. The number of aromatic nitrogens is 2. The van der Waals surface area contributed by atoms with Crippen LogP contribution in [0.4, 0.5) is 0 Å². The number of aryl methyl sites for hydroxylation is 1. The predicted molar refractivity (Wildman–Crippen MR) is 55.2 cm³/mol. The van der Waals surface area contributed by atoms with Crippen LogP contribution >= 0.6 is 0 Å². The van der Waals surface area contributed by atoms with Crippen molar-refractivity contribution in [2.75, 3.05) is 6.61 Å². The Morgan fingerprint density at radius 1 is 1.47 bits per heavy atom. The molecule has 0 aromatic carbocycles. The minimum atomic E-state index is 0.553. The molecule has 2 aromatic rings. The minimum Gasteiger partial charge on any atom is -0.467 e. The number of rotatable bonds is 6. The Kier molecular flexibility index (Phi) is 3.57. The van der Waals surface area contributed by atoms with Gasteiger partial charge < -0.3 is 13.7 Å². The maximum Gasteiger partial charge on any atom is 0.129 e. The second-order valence-corrected chi connectivity index (χ2v) is 3.29. The highest BCUT2D eigenvalue weighted by molar-refractivity contribution is 4.95. The zero-order valence-electron chi connectivity index (χ0n) is 8.50. The van der Waals surface area contributed by atoms with Gasteiger partial charge in [-0.1, -0.05) is 0 Å². The van der Waals surface area contributed by atoms with Crippen LogP contribution in [0.25, 0.3) is 0 Å². The molecule has 0 saturated heterocycles. The molecule has 0 aliphatic rings. The summed E-state index contributed by atoms with van der Waals surface area (Å²) >= 11 is 0. The van der Waals surface area contributed by atoms with Crippen LogP contribution in [0.1, 0.15) is 12.2 Å². The fourth-order valence-electron chi connectivity index (χ4n) is 1.34. The van der Waals surface area contributed by atoms with Gasteiger partial charge in [0.1, 0.15) is 12.4 Å². The summed E-state index contributed by atoms with van der Waals surface area (Å²) in [5.41, 5.74) is 0. The van der Waals surface area contributed by atoms with Crippen LogP contribution < -0.4 is 0 Å². The molecule has 4 heteroatoms. The number of imidazole rings is 1. The lowest BCUT2D eigenvalue weighted by atomic mass is 10.4. The van der Waals surface area contributed by atoms with Crippen LogP contribution in [0.15, 0.2) is 41.5 Å². The quantitative estimate of drug-likeness (QED) is 0.679. The van der Waals surface area contributed by atoms with Crippen molar-refractivity contribution in [3.8, 4) is 0 Å². The number of hydrogen-bond donors (Lipinski definition) is 0. The molecule has 0 radical (unpaired) electrons. The maximum atomic E-state index is 5.45. The minimum absolute atomic E-state index is 0.553. The van der Waals surface area contributed by atoms with Crippen LogP contribution in [0.2, 0.25) is 0 Å². The van der Waals surface area contributed by atoms with Crippen molar-refractivity contribution in [3.63, 3.8) is 0 Å². The first-order valence-electron chi connectivity index (χ1n) is 5.01. The summed E-state index contributed by atoms with van der Waals surface area (Å²) in [7, 11) is 0. The van der Waals surface area contributed by atoms with Crippen LogP contribution in [0, 0.1) is 0 Å². The molecule has 0 unspecified atom stereocenters. The van der Waals surface area contributed by atoms with Crippen LogP contribution in [0.3, 0.4) is 0 Å². The zero-order valence-corrected chi connectivity index (χ0v) is 8.50. The lowest BCUT2D eigenvalue weighted by Crippen LogP contribution is -2.00. The molecule has 2 rings (SSSR count). The summed E-state index contributed by atoms with van der Waals surface area (Å²) in [5.74, 6) is 0.873. The van der Waals surface area contributed by atoms with Crippen molar-refractivity contribution in [2.45, 2.75) is 19.6 Å². The molecule has 15 heavy (non-hydrogen) atoms. The van der Waals surface area contributed by atoms with Crippen molar-refractivity contribution in [1.82, 2.24) is 9.55 Å². The lowest BCUT2D eigenvalue weighted by Gasteiger charge is -2.02. The molecule has 0 N–H and O–H groups in total. The molecule has 80 valence electrons. The molecule has 0 aliphatic carbocycles. The number of ether oxygens (including phenoxy) is 1. The summed E-state index contributed by atoms with van der Waals surface area (Å²) < 4.78 is 12.6. The van der Waals surface area contributed by atoms with Gasteiger partial charge in [0, 0.05) is 25.5 Å². The molecule has 2 aromatic heterocycles. The molecule has 0 atom stereocenters. The van der Waals surface area contributed by atoms with Gasteiger partial charge in [-0.25, -0.2) is 4.98 Å². The number of hydrogen-bond acceptors (Lipinski definition) is 3. The summed E-state index contributed by atoms with van der Waals surface area (Å²) in [5, 5.41) is 0. The summed E-state index contributed by atoms with van der Waals surface area (Å²) in [6.45, 7) is 2.23. The average molecular weight is 206 g/mol. The van der Waals surface area contributed by atoms with E-state index in [1.807, 2.05) is 29.2 Å². The average Bonchev–Trinajstić information content (AvgIpc) is 2.88. The van der Waals surface area contributed by atoms with Gasteiger partial charge in [0.05, 0.1) is 12.6 Å². The smallest absolute Gasteiger partial charge is 0.129 e. The SMILES string of the molecule is c1coc(COCCCn2ccnc2)c1. The third-order valence-electron chi connectivity index (χ3n) is 2.09. The van der Waals surface area contributed by atoms with Crippen LogP contribution in [-0.4, -0.2) is 16.2 Å². The van der Waals surface area contributed by atoms with Gasteiger partial charge >= 0.3 is 0 Å². The van der Waals surface area contributed by atoms with E-state index >= 15 is 0 Å². The first-order valence-corrected chi connectivity index (χ1v) is 5.01. The van der Waals surface area contributed by atoms with Gasteiger partial charge in [0.25, 0.3) is 0 Å². The van der Waals surface area contributed by atoms with E-state index in [1.54, 1.807) is 12.5 Å². The predicted octanol–water partition coefficient (Wildman–Crippen LogP) is 2.08. The number of nitrogens with zero attached hydrogens (tertiary/aromatic N) is 2. The monoisotopic (exact) mass is 206 g/mol.